The lowest BCUT2D eigenvalue weighted by Crippen LogP contribution is -2.12. The molecule has 0 bridgehead atoms. The monoisotopic (exact) mass is 261 g/mol. The number of rotatable bonds is 6. The number of anilines is 1. The standard InChI is InChI=1S/C13H15N3O3/c1-10-3-4-15-12(7-10)16-9-11(8-14)13(17)19-6-5-18-2/h3-4,7,9H,5-6H2,1-2H3,(H,15,16)/b11-9+. The Morgan fingerprint density at radius 1 is 1.58 bits per heavy atom. The van der Waals surface area contributed by atoms with Crippen molar-refractivity contribution in [3.8, 4) is 6.07 Å². The van der Waals surface area contributed by atoms with E-state index in [9.17, 15) is 4.79 Å². The van der Waals surface area contributed by atoms with Gasteiger partial charge in [0.15, 0.2) is 5.57 Å². The highest BCUT2D eigenvalue weighted by molar-refractivity contribution is 5.93. The zero-order valence-corrected chi connectivity index (χ0v) is 10.8. The first kappa shape index (κ1) is 14.7. The summed E-state index contributed by atoms with van der Waals surface area (Å²) in [7, 11) is 1.50. The van der Waals surface area contributed by atoms with Crippen molar-refractivity contribution in [1.82, 2.24) is 4.98 Å². The van der Waals surface area contributed by atoms with Crippen LogP contribution in [0.4, 0.5) is 5.82 Å². The number of methoxy groups -OCH3 is 1. The van der Waals surface area contributed by atoms with Gasteiger partial charge in [-0.2, -0.15) is 5.26 Å². The molecule has 0 fully saturated rings. The van der Waals surface area contributed by atoms with Gasteiger partial charge in [0.25, 0.3) is 0 Å². The van der Waals surface area contributed by atoms with Gasteiger partial charge in [0.05, 0.1) is 6.61 Å². The second-order valence-electron chi connectivity index (χ2n) is 3.66. The van der Waals surface area contributed by atoms with Crippen LogP contribution in [-0.4, -0.2) is 31.3 Å². The summed E-state index contributed by atoms with van der Waals surface area (Å²) < 4.78 is 9.58. The van der Waals surface area contributed by atoms with Gasteiger partial charge in [0.2, 0.25) is 0 Å². The van der Waals surface area contributed by atoms with E-state index in [0.29, 0.717) is 5.82 Å². The van der Waals surface area contributed by atoms with Gasteiger partial charge in [-0.05, 0) is 24.6 Å². The second-order valence-corrected chi connectivity index (χ2v) is 3.66. The molecule has 19 heavy (non-hydrogen) atoms. The largest absolute Gasteiger partial charge is 0.459 e. The quantitative estimate of drug-likeness (QED) is 0.360. The summed E-state index contributed by atoms with van der Waals surface area (Å²) in [5, 5.41) is 11.7. The highest BCUT2D eigenvalue weighted by atomic mass is 16.6. The molecule has 1 aromatic rings. The minimum absolute atomic E-state index is 0.108. The predicted molar refractivity (Wildman–Crippen MR) is 69.1 cm³/mol. The van der Waals surface area contributed by atoms with Crippen LogP contribution in [0.15, 0.2) is 30.1 Å². The van der Waals surface area contributed by atoms with E-state index in [1.54, 1.807) is 18.3 Å². The molecule has 0 radical (unpaired) electrons. The molecule has 0 aliphatic carbocycles. The molecular formula is C13H15N3O3. The van der Waals surface area contributed by atoms with Gasteiger partial charge in [0, 0.05) is 19.5 Å². The molecule has 1 N–H and O–H groups in total. The zero-order chi connectivity index (χ0) is 14.1. The number of nitrogens with one attached hydrogen (secondary N) is 1. The maximum atomic E-state index is 11.5. The molecule has 0 unspecified atom stereocenters. The second kappa shape index (κ2) is 7.84. The number of nitriles is 1. The Labute approximate surface area is 111 Å². The number of esters is 1. The molecule has 0 saturated heterocycles. The Hall–Kier alpha value is -2.39. The number of nitrogens with zero attached hydrogens (tertiary/aromatic N) is 2. The molecule has 0 aliphatic rings. The van der Waals surface area contributed by atoms with Gasteiger partial charge in [0.1, 0.15) is 18.5 Å². The first-order valence-corrected chi connectivity index (χ1v) is 5.63. The van der Waals surface area contributed by atoms with Gasteiger partial charge >= 0.3 is 5.97 Å². The van der Waals surface area contributed by atoms with Crippen LogP contribution in [0, 0.1) is 18.3 Å². The zero-order valence-electron chi connectivity index (χ0n) is 10.8. The summed E-state index contributed by atoms with van der Waals surface area (Å²) in [6.07, 6.45) is 2.91. The van der Waals surface area contributed by atoms with Crippen LogP contribution < -0.4 is 5.32 Å². The lowest BCUT2D eigenvalue weighted by molar-refractivity contribution is -0.139. The molecule has 0 atom stereocenters. The van der Waals surface area contributed by atoms with Crippen molar-refractivity contribution < 1.29 is 14.3 Å². The number of hydrogen-bond acceptors (Lipinski definition) is 6. The fourth-order valence-electron chi connectivity index (χ4n) is 1.19. The molecule has 6 nitrogen and oxygen atoms in total. The number of ether oxygens (including phenoxy) is 2. The molecule has 6 heteroatoms. The number of hydrogen-bond donors (Lipinski definition) is 1. The molecule has 0 amide bonds. The summed E-state index contributed by atoms with van der Waals surface area (Å²) in [5.74, 6) is -0.142. The van der Waals surface area contributed by atoms with Crippen LogP contribution in [0.3, 0.4) is 0 Å². The summed E-state index contributed by atoms with van der Waals surface area (Å²) in [6, 6.07) is 5.41. The molecule has 100 valence electrons. The van der Waals surface area contributed by atoms with Gasteiger partial charge in [-0.3, -0.25) is 0 Å². The van der Waals surface area contributed by atoms with Gasteiger partial charge in [-0.15, -0.1) is 0 Å². The van der Waals surface area contributed by atoms with Crippen molar-refractivity contribution in [2.24, 2.45) is 0 Å². The van der Waals surface area contributed by atoms with Crippen LogP contribution >= 0.6 is 0 Å². The number of carbonyl (C=O) groups excluding carboxylic acids is 1. The molecule has 0 aromatic carbocycles. The third kappa shape index (κ3) is 5.19. The maximum absolute atomic E-state index is 11.5. The highest BCUT2D eigenvalue weighted by Crippen LogP contribution is 2.06. The van der Waals surface area contributed by atoms with Crippen LogP contribution in [0.1, 0.15) is 5.56 Å². The Morgan fingerprint density at radius 2 is 2.37 bits per heavy atom. The lowest BCUT2D eigenvalue weighted by Gasteiger charge is -2.04. The number of aromatic nitrogens is 1. The molecule has 1 heterocycles. The van der Waals surface area contributed by atoms with E-state index >= 15 is 0 Å². The van der Waals surface area contributed by atoms with E-state index in [-0.39, 0.29) is 18.8 Å². The Morgan fingerprint density at radius 3 is 3.00 bits per heavy atom. The maximum Gasteiger partial charge on any atom is 0.350 e. The van der Waals surface area contributed by atoms with E-state index < -0.39 is 5.97 Å². The Balaban J connectivity index is 2.62. The minimum atomic E-state index is -0.695. The molecule has 1 aromatic heterocycles. The van der Waals surface area contributed by atoms with Crippen LogP contribution in [0.2, 0.25) is 0 Å². The molecule has 0 spiro atoms. The number of aryl methyl sites for hydroxylation is 1. The van der Waals surface area contributed by atoms with Gasteiger partial charge in [-0.25, -0.2) is 9.78 Å². The van der Waals surface area contributed by atoms with E-state index in [1.165, 1.54) is 13.3 Å². The average Bonchev–Trinajstić information content (AvgIpc) is 2.40. The first-order valence-electron chi connectivity index (χ1n) is 5.63. The first-order chi connectivity index (χ1) is 9.17. The molecule has 0 aliphatic heterocycles. The van der Waals surface area contributed by atoms with E-state index in [4.69, 9.17) is 14.7 Å². The van der Waals surface area contributed by atoms with Gasteiger partial charge < -0.3 is 14.8 Å². The van der Waals surface area contributed by atoms with E-state index in [1.807, 2.05) is 13.0 Å². The number of pyridine rings is 1. The van der Waals surface area contributed by atoms with Crippen molar-refractivity contribution in [2.75, 3.05) is 25.6 Å². The summed E-state index contributed by atoms with van der Waals surface area (Å²) >= 11 is 0. The van der Waals surface area contributed by atoms with Crippen molar-refractivity contribution in [1.29, 1.82) is 5.26 Å². The van der Waals surface area contributed by atoms with Crippen molar-refractivity contribution in [3.63, 3.8) is 0 Å². The Kier molecular flexibility index (Phi) is 6.06. The van der Waals surface area contributed by atoms with E-state index in [2.05, 4.69) is 10.3 Å². The summed E-state index contributed by atoms with van der Waals surface area (Å²) in [4.78, 5) is 15.6. The SMILES string of the molecule is COCCOC(=O)/C(C#N)=C/Nc1cc(C)ccn1. The average molecular weight is 261 g/mol. The Bertz CT molecular complexity index is 506. The van der Waals surface area contributed by atoms with Crippen LogP contribution in [0.5, 0.6) is 0 Å². The normalized spacial score (nSPS) is 10.7. The van der Waals surface area contributed by atoms with Crippen molar-refractivity contribution in [2.45, 2.75) is 6.92 Å². The third-order valence-corrected chi connectivity index (χ3v) is 2.14. The predicted octanol–water partition coefficient (Wildman–Crippen LogP) is 1.40. The fraction of sp³-hybridized carbons (Fsp3) is 0.308. The minimum Gasteiger partial charge on any atom is -0.459 e. The number of carbonyl (C=O) groups is 1. The van der Waals surface area contributed by atoms with Gasteiger partial charge in [-0.1, -0.05) is 0 Å². The molecule has 0 saturated carbocycles. The summed E-state index contributed by atoms with van der Waals surface area (Å²) in [6.45, 7) is 2.31. The third-order valence-electron chi connectivity index (χ3n) is 2.14. The molecular weight excluding hydrogens is 246 g/mol. The fourth-order valence-corrected chi connectivity index (χ4v) is 1.19. The summed E-state index contributed by atoms with van der Waals surface area (Å²) in [5.41, 5.74) is 0.895. The van der Waals surface area contributed by atoms with Crippen molar-refractivity contribution >= 4 is 11.8 Å². The van der Waals surface area contributed by atoms with Crippen LogP contribution in [-0.2, 0) is 14.3 Å². The van der Waals surface area contributed by atoms with Crippen molar-refractivity contribution in [3.05, 3.63) is 35.7 Å². The smallest absolute Gasteiger partial charge is 0.350 e. The van der Waals surface area contributed by atoms with E-state index in [0.717, 1.165) is 5.56 Å². The van der Waals surface area contributed by atoms with Crippen LogP contribution in [0.25, 0.3) is 0 Å². The highest BCUT2D eigenvalue weighted by Gasteiger charge is 2.10. The molecule has 1 rings (SSSR count). The topological polar surface area (TPSA) is 84.2 Å². The lowest BCUT2D eigenvalue weighted by atomic mass is 10.3.